The first-order valence-electron chi connectivity index (χ1n) is 8.26. The Morgan fingerprint density at radius 3 is 2.62 bits per heavy atom. The number of aliphatic hydroxyl groups is 1. The van der Waals surface area contributed by atoms with Crippen molar-refractivity contribution in [2.24, 2.45) is 0 Å². The second-order valence-electron chi connectivity index (χ2n) is 6.73. The van der Waals surface area contributed by atoms with Gasteiger partial charge in [-0.25, -0.2) is 14.6 Å². The molecule has 0 amide bonds. The van der Waals surface area contributed by atoms with Crippen LogP contribution in [-0.2, 0) is 5.60 Å². The molecule has 130 valence electrons. The predicted molar refractivity (Wildman–Crippen MR) is 88.9 cm³/mol. The molecule has 1 atom stereocenters. The number of rotatable bonds is 5. The molecule has 0 saturated carbocycles. The van der Waals surface area contributed by atoms with Crippen LogP contribution in [0, 0.1) is 0 Å². The van der Waals surface area contributed by atoms with Crippen molar-refractivity contribution in [1.82, 2.24) is 25.0 Å². The van der Waals surface area contributed by atoms with Crippen molar-refractivity contribution in [2.45, 2.75) is 51.9 Å². The second-order valence-corrected chi connectivity index (χ2v) is 6.73. The molecule has 0 radical (unpaired) electrons. The van der Waals surface area contributed by atoms with Gasteiger partial charge < -0.3 is 14.7 Å². The van der Waals surface area contributed by atoms with Crippen molar-refractivity contribution in [3.8, 4) is 5.88 Å². The minimum atomic E-state index is -1.04. The summed E-state index contributed by atoms with van der Waals surface area (Å²) in [5, 5.41) is 19.3. The minimum Gasteiger partial charge on any atom is -0.472 e. The van der Waals surface area contributed by atoms with Gasteiger partial charge in [0, 0.05) is 31.4 Å². The lowest BCUT2D eigenvalue weighted by atomic mass is 10.00. The molecule has 1 aliphatic rings. The Morgan fingerprint density at radius 2 is 1.96 bits per heavy atom. The third-order valence-corrected chi connectivity index (χ3v) is 4.06. The van der Waals surface area contributed by atoms with Gasteiger partial charge in [0.05, 0.1) is 18.8 Å². The average Bonchev–Trinajstić information content (AvgIpc) is 3.15. The number of ether oxygens (including phenoxy) is 1. The molecule has 1 aliphatic heterocycles. The Kier molecular flexibility index (Phi) is 4.40. The first kappa shape index (κ1) is 16.6. The van der Waals surface area contributed by atoms with Crippen LogP contribution in [0.25, 0.3) is 0 Å². The molecule has 8 nitrogen and oxygen atoms in total. The van der Waals surface area contributed by atoms with E-state index >= 15 is 0 Å². The zero-order valence-corrected chi connectivity index (χ0v) is 14.5. The summed E-state index contributed by atoms with van der Waals surface area (Å²) in [5.74, 6) is 1.14. The number of nitrogens with zero attached hydrogens (tertiary/aromatic N) is 6. The topological polar surface area (TPSA) is 89.2 Å². The summed E-state index contributed by atoms with van der Waals surface area (Å²) in [6.45, 7) is 8.98. The zero-order chi connectivity index (χ0) is 17.3. The fourth-order valence-electron chi connectivity index (χ4n) is 2.77. The van der Waals surface area contributed by atoms with Crippen LogP contribution in [-0.4, -0.2) is 49.3 Å². The van der Waals surface area contributed by atoms with Gasteiger partial charge in [-0.3, -0.25) is 0 Å². The normalized spacial score (nSPS) is 21.0. The molecule has 0 bridgehead atoms. The second kappa shape index (κ2) is 6.35. The van der Waals surface area contributed by atoms with Crippen molar-refractivity contribution < 1.29 is 9.84 Å². The maximum absolute atomic E-state index is 11.0. The molecule has 24 heavy (non-hydrogen) atoms. The lowest BCUT2D eigenvalue weighted by molar-refractivity contribution is 0.0558. The van der Waals surface area contributed by atoms with Crippen molar-refractivity contribution in [3.05, 3.63) is 24.3 Å². The zero-order valence-electron chi connectivity index (χ0n) is 14.5. The minimum absolute atomic E-state index is 0.00729. The summed E-state index contributed by atoms with van der Waals surface area (Å²) in [7, 11) is 0. The predicted octanol–water partition coefficient (Wildman–Crippen LogP) is 1.53. The van der Waals surface area contributed by atoms with E-state index in [2.05, 4.69) is 20.3 Å². The van der Waals surface area contributed by atoms with Gasteiger partial charge in [0.15, 0.2) is 5.82 Å². The average molecular weight is 332 g/mol. The third kappa shape index (κ3) is 3.19. The highest BCUT2D eigenvalue weighted by Crippen LogP contribution is 2.35. The number of β-amino-alcohol motifs (C(OH)–C–C–N with tert-alkyl or cyclic N) is 1. The summed E-state index contributed by atoms with van der Waals surface area (Å²) < 4.78 is 7.49. The van der Waals surface area contributed by atoms with E-state index in [1.807, 2.05) is 38.8 Å². The molecule has 0 aliphatic carbocycles. The Hall–Kier alpha value is -2.22. The maximum atomic E-state index is 11.0. The van der Waals surface area contributed by atoms with E-state index in [1.54, 1.807) is 17.1 Å². The van der Waals surface area contributed by atoms with Crippen LogP contribution in [0.15, 0.2) is 18.6 Å². The molecule has 1 saturated heterocycles. The number of hydrogen-bond acceptors (Lipinski definition) is 7. The van der Waals surface area contributed by atoms with Crippen LogP contribution in [0.2, 0.25) is 0 Å². The maximum Gasteiger partial charge on any atom is 0.257 e. The van der Waals surface area contributed by atoms with Crippen molar-refractivity contribution >= 4 is 5.82 Å². The van der Waals surface area contributed by atoms with Crippen LogP contribution >= 0.6 is 0 Å². The van der Waals surface area contributed by atoms with Crippen LogP contribution in [0.1, 0.15) is 45.9 Å². The van der Waals surface area contributed by atoms with Crippen LogP contribution in [0.4, 0.5) is 5.82 Å². The van der Waals surface area contributed by atoms with Gasteiger partial charge in [-0.05, 0) is 27.7 Å². The van der Waals surface area contributed by atoms with Crippen LogP contribution in [0.3, 0.4) is 0 Å². The molecule has 0 unspecified atom stereocenters. The monoisotopic (exact) mass is 332 g/mol. The quantitative estimate of drug-likeness (QED) is 0.888. The number of hydrogen-bond donors (Lipinski definition) is 1. The molecule has 3 rings (SSSR count). The van der Waals surface area contributed by atoms with Crippen molar-refractivity contribution in [2.75, 3.05) is 18.0 Å². The SMILES string of the molecule is CC(C)Oc1nccnc1N1CC[C@@](O)(c2cn(C(C)C)nn2)C1. The molecular weight excluding hydrogens is 308 g/mol. The number of aromatic nitrogens is 5. The fourth-order valence-corrected chi connectivity index (χ4v) is 2.77. The highest BCUT2D eigenvalue weighted by atomic mass is 16.5. The lowest BCUT2D eigenvalue weighted by Crippen LogP contribution is -2.32. The summed E-state index contributed by atoms with van der Waals surface area (Å²) in [5.41, 5.74) is -0.450. The van der Waals surface area contributed by atoms with Crippen molar-refractivity contribution in [3.63, 3.8) is 0 Å². The van der Waals surface area contributed by atoms with E-state index < -0.39 is 5.60 Å². The molecule has 1 N–H and O–H groups in total. The Morgan fingerprint density at radius 1 is 1.21 bits per heavy atom. The summed E-state index contributed by atoms with van der Waals surface area (Å²) in [6.07, 6.45) is 5.62. The van der Waals surface area contributed by atoms with Gasteiger partial charge in [0.2, 0.25) is 0 Å². The smallest absolute Gasteiger partial charge is 0.257 e. The summed E-state index contributed by atoms with van der Waals surface area (Å²) in [6, 6.07) is 0.207. The molecule has 2 aromatic heterocycles. The van der Waals surface area contributed by atoms with E-state index in [-0.39, 0.29) is 12.1 Å². The van der Waals surface area contributed by atoms with E-state index in [0.29, 0.717) is 36.9 Å². The molecule has 2 aromatic rings. The first-order valence-corrected chi connectivity index (χ1v) is 8.26. The van der Waals surface area contributed by atoms with E-state index in [0.717, 1.165) is 0 Å². The van der Waals surface area contributed by atoms with E-state index in [9.17, 15) is 5.11 Å². The Bertz CT molecular complexity index is 701. The van der Waals surface area contributed by atoms with Gasteiger partial charge in [-0.2, -0.15) is 0 Å². The van der Waals surface area contributed by atoms with Gasteiger partial charge in [-0.1, -0.05) is 5.21 Å². The molecule has 1 fully saturated rings. The molecule has 8 heteroatoms. The van der Waals surface area contributed by atoms with Gasteiger partial charge >= 0.3 is 0 Å². The lowest BCUT2D eigenvalue weighted by Gasteiger charge is -2.23. The summed E-state index contributed by atoms with van der Waals surface area (Å²) in [4.78, 5) is 10.6. The molecule has 3 heterocycles. The highest BCUT2D eigenvalue weighted by molar-refractivity contribution is 5.50. The fraction of sp³-hybridized carbons (Fsp3) is 0.625. The third-order valence-electron chi connectivity index (χ3n) is 4.06. The molecule has 0 spiro atoms. The van der Waals surface area contributed by atoms with E-state index in [1.165, 1.54) is 0 Å². The van der Waals surface area contributed by atoms with E-state index in [4.69, 9.17) is 4.74 Å². The summed E-state index contributed by atoms with van der Waals surface area (Å²) >= 11 is 0. The van der Waals surface area contributed by atoms with Crippen LogP contribution in [0.5, 0.6) is 5.88 Å². The molecule has 0 aromatic carbocycles. The standard InChI is InChI=1S/C16H24N6O2/c1-11(2)22-9-13(19-20-22)16(23)5-8-21(10-16)14-15(24-12(3)4)18-7-6-17-14/h6-7,9,11-12,23H,5,8,10H2,1-4H3/t16-/m0/s1. The van der Waals surface area contributed by atoms with Crippen LogP contribution < -0.4 is 9.64 Å². The number of anilines is 1. The van der Waals surface area contributed by atoms with Gasteiger partial charge in [-0.15, -0.1) is 5.10 Å². The van der Waals surface area contributed by atoms with Gasteiger partial charge in [0.1, 0.15) is 11.3 Å². The van der Waals surface area contributed by atoms with Gasteiger partial charge in [0.25, 0.3) is 5.88 Å². The Labute approximate surface area is 141 Å². The van der Waals surface area contributed by atoms with Crippen molar-refractivity contribution in [1.29, 1.82) is 0 Å². The largest absolute Gasteiger partial charge is 0.472 e. The first-order chi connectivity index (χ1) is 11.4. The highest BCUT2D eigenvalue weighted by Gasteiger charge is 2.41. The Balaban J connectivity index is 1.82. The molecular formula is C16H24N6O2.